The fraction of sp³-hybridized carbons (Fsp3) is 0.750. The maximum Gasteiger partial charge on any atom is 0.302 e. The Labute approximate surface area is 85.4 Å². The van der Waals surface area contributed by atoms with Gasteiger partial charge in [0, 0.05) is 44.7 Å². The zero-order chi connectivity index (χ0) is 4.99. The molecule has 0 amide bonds. The Hall–Kier alpha value is 1.02. The Morgan fingerprint density at radius 2 is 2.00 bits per heavy atom. The van der Waals surface area contributed by atoms with Crippen LogP contribution in [0.25, 0.3) is 0 Å². The summed E-state index contributed by atoms with van der Waals surface area (Å²) in [5, 5.41) is 0. The third-order valence-electron chi connectivity index (χ3n) is 0.348. The van der Waals surface area contributed by atoms with E-state index in [4.69, 9.17) is 0 Å². The van der Waals surface area contributed by atoms with Gasteiger partial charge in [-0.2, -0.15) is 0 Å². The van der Waals surface area contributed by atoms with E-state index in [2.05, 4.69) is 4.74 Å². The number of halogens is 1. The van der Waals surface area contributed by atoms with E-state index in [9.17, 15) is 4.79 Å². The van der Waals surface area contributed by atoms with Crippen molar-refractivity contribution in [1.29, 1.82) is 0 Å². The minimum Gasteiger partial charge on any atom is -0.466 e. The Kier molecular flexibility index (Phi) is 21.8. The number of ether oxygens (including phenoxy) is 1. The van der Waals surface area contributed by atoms with Crippen LogP contribution in [-0.2, 0) is 9.53 Å². The van der Waals surface area contributed by atoms with Gasteiger partial charge >= 0.3 is 5.97 Å². The van der Waals surface area contributed by atoms with E-state index in [0.717, 1.165) is 0 Å². The fourth-order valence-corrected chi connectivity index (χ4v) is 0.203. The van der Waals surface area contributed by atoms with Gasteiger partial charge in [-0.05, 0) is 6.92 Å². The summed E-state index contributed by atoms with van der Waals surface area (Å²) in [6, 6.07) is 0. The second kappa shape index (κ2) is 10.9. The second-order valence-electron chi connectivity index (χ2n) is 0.925. The van der Waals surface area contributed by atoms with E-state index in [1.54, 1.807) is 6.92 Å². The summed E-state index contributed by atoms with van der Waals surface area (Å²) in [4.78, 5) is 9.82. The van der Waals surface area contributed by atoms with Crippen LogP contribution in [0.2, 0.25) is 0 Å². The summed E-state index contributed by atoms with van der Waals surface area (Å²) in [7, 11) is 0. The van der Waals surface area contributed by atoms with Crippen molar-refractivity contribution in [3.63, 3.8) is 0 Å². The van der Waals surface area contributed by atoms with Crippen LogP contribution in [0.3, 0.4) is 0 Å². The van der Waals surface area contributed by atoms with E-state index in [1.165, 1.54) is 6.92 Å². The quantitative estimate of drug-likeness (QED) is 0.541. The van der Waals surface area contributed by atoms with E-state index < -0.39 is 0 Å². The monoisotopic (exact) mass is 164 g/mol. The summed E-state index contributed by atoms with van der Waals surface area (Å²) in [6.07, 6.45) is 0. The van der Waals surface area contributed by atoms with Crippen molar-refractivity contribution in [2.24, 2.45) is 0 Å². The molecule has 52 valence electrons. The molecular weight excluding hydrogens is 155 g/mol. The van der Waals surface area contributed by atoms with Crippen LogP contribution in [-0.4, -0.2) is 12.6 Å². The van der Waals surface area contributed by atoms with Crippen molar-refractivity contribution in [2.75, 3.05) is 6.61 Å². The number of carbonyl (C=O) groups excluding carboxylic acids is 1. The molecule has 0 saturated heterocycles. The molecule has 0 saturated carbocycles. The standard InChI is InChI=1S/C4H8O2.Ar.ClH/c1-3-6-4(2)5;;/h3H2,1-2H3;;1H. The third kappa shape index (κ3) is 15.7. The van der Waals surface area contributed by atoms with Crippen molar-refractivity contribution in [1.82, 2.24) is 0 Å². The van der Waals surface area contributed by atoms with Crippen LogP contribution in [0.4, 0.5) is 0 Å². The molecule has 0 aliphatic carbocycles. The predicted molar refractivity (Wildman–Crippen MR) is 29.6 cm³/mol. The maximum absolute atomic E-state index is 9.82. The Balaban J connectivity index is -0.000000125. The van der Waals surface area contributed by atoms with Crippen LogP contribution >= 0.6 is 12.4 Å². The number of rotatable bonds is 1. The molecule has 0 aromatic rings. The zero-order valence-electron chi connectivity index (χ0n) is 4.79. The zero-order valence-corrected chi connectivity index (χ0v) is 6.31. The number of carbonyl (C=O) groups is 1. The van der Waals surface area contributed by atoms with Gasteiger partial charge in [0.15, 0.2) is 0 Å². The van der Waals surface area contributed by atoms with Gasteiger partial charge in [0.2, 0.25) is 0 Å². The van der Waals surface area contributed by atoms with Gasteiger partial charge in [-0.3, -0.25) is 4.79 Å². The minimum absolute atomic E-state index is 0. The molecule has 0 atom stereocenters. The molecule has 0 aromatic heterocycles. The van der Waals surface area contributed by atoms with E-state index in [-0.39, 0.29) is 56.1 Å². The summed E-state index contributed by atoms with van der Waals surface area (Å²) < 4.78 is 4.40. The molecule has 2 nitrogen and oxygen atoms in total. The first kappa shape index (κ1) is 16.0. The largest absolute Gasteiger partial charge is 0.466 e. The first-order valence-electron chi connectivity index (χ1n) is 1.90. The SMILES string of the molecule is CCOC(C)=O.Cl.[Ar]. The van der Waals surface area contributed by atoms with Gasteiger partial charge in [-0.1, -0.05) is 0 Å². The van der Waals surface area contributed by atoms with Gasteiger partial charge in [-0.25, -0.2) is 0 Å². The minimum atomic E-state index is -0.211. The van der Waals surface area contributed by atoms with Gasteiger partial charge < -0.3 is 4.74 Å². The Morgan fingerprint density at radius 1 is 1.62 bits per heavy atom. The summed E-state index contributed by atoms with van der Waals surface area (Å²) in [6.45, 7) is 3.65. The topological polar surface area (TPSA) is 26.3 Å². The first-order valence-corrected chi connectivity index (χ1v) is 1.90. The fourth-order valence-electron chi connectivity index (χ4n) is 0.203. The molecular formula is C4H9ArClO2. The van der Waals surface area contributed by atoms with Crippen molar-refractivity contribution in [3.8, 4) is 0 Å². The smallest absolute Gasteiger partial charge is 0.302 e. The molecule has 0 radical (unpaired) electrons. The molecule has 0 fully saturated rings. The van der Waals surface area contributed by atoms with Crippen LogP contribution in [0.5, 0.6) is 0 Å². The predicted octanol–water partition coefficient (Wildman–Crippen LogP) is 0.991. The normalized spacial score (nSPS) is 5.75. The number of hydrogen-bond donors (Lipinski definition) is 0. The molecule has 0 aliphatic rings. The van der Waals surface area contributed by atoms with Crippen molar-refractivity contribution in [2.45, 2.75) is 13.8 Å². The van der Waals surface area contributed by atoms with Crippen LogP contribution in [0.15, 0.2) is 0 Å². The average molecular weight is 165 g/mol. The molecule has 8 heavy (non-hydrogen) atoms. The Bertz CT molecular complexity index is 58.0. The molecule has 0 aliphatic heterocycles. The van der Waals surface area contributed by atoms with Gasteiger partial charge in [0.1, 0.15) is 0 Å². The maximum atomic E-state index is 9.82. The van der Waals surface area contributed by atoms with Gasteiger partial charge in [0.05, 0.1) is 6.61 Å². The molecule has 0 N–H and O–H groups in total. The van der Waals surface area contributed by atoms with Crippen LogP contribution < -0.4 is 0 Å². The van der Waals surface area contributed by atoms with E-state index in [0.29, 0.717) is 6.61 Å². The third-order valence-corrected chi connectivity index (χ3v) is 0.348. The molecule has 0 unspecified atom stereocenters. The average Bonchev–Trinajstić information content (AvgIpc) is 1.35. The van der Waals surface area contributed by atoms with Crippen LogP contribution in [0.1, 0.15) is 13.8 Å². The first-order chi connectivity index (χ1) is 2.77. The van der Waals surface area contributed by atoms with Crippen molar-refractivity contribution < 1.29 is 47.3 Å². The van der Waals surface area contributed by atoms with Gasteiger partial charge in [0.25, 0.3) is 0 Å². The van der Waals surface area contributed by atoms with Crippen molar-refractivity contribution >= 4 is 18.4 Å². The summed E-state index contributed by atoms with van der Waals surface area (Å²) >= 11 is 0. The summed E-state index contributed by atoms with van der Waals surface area (Å²) in [5.41, 5.74) is 0. The number of esters is 1. The van der Waals surface area contributed by atoms with E-state index in [1.807, 2.05) is 0 Å². The molecule has 0 spiro atoms. The molecule has 0 aromatic carbocycles. The van der Waals surface area contributed by atoms with Gasteiger partial charge in [-0.15, -0.1) is 12.4 Å². The number of hydrogen-bond acceptors (Lipinski definition) is 2. The van der Waals surface area contributed by atoms with E-state index >= 15 is 0 Å². The second-order valence-corrected chi connectivity index (χ2v) is 0.925. The molecule has 0 rings (SSSR count). The molecule has 0 heterocycles. The molecule has 4 heteroatoms. The van der Waals surface area contributed by atoms with Crippen LogP contribution in [0, 0.1) is 37.7 Å². The van der Waals surface area contributed by atoms with Crippen molar-refractivity contribution in [3.05, 3.63) is 0 Å². The summed E-state index contributed by atoms with van der Waals surface area (Å²) in [5.74, 6) is -0.211. The Morgan fingerprint density at radius 3 is 2.00 bits per heavy atom. The molecule has 0 bridgehead atoms.